The van der Waals surface area contributed by atoms with Gasteiger partial charge in [0.2, 0.25) is 0 Å². The quantitative estimate of drug-likeness (QED) is 0.0870. The number of fused-ring (bicyclic) bond motifs is 1. The third-order valence-corrected chi connectivity index (χ3v) is 7.14. The van der Waals surface area contributed by atoms with Gasteiger partial charge in [0, 0.05) is 17.5 Å². The largest absolute Gasteiger partial charge is 0.490 e. The Hall–Kier alpha value is -4.63. The van der Waals surface area contributed by atoms with Crippen molar-refractivity contribution in [2.24, 2.45) is 0 Å². The maximum atomic E-state index is 13.8. The second-order valence-corrected chi connectivity index (χ2v) is 10.1. The molecule has 1 heterocycles. The molecule has 0 amide bonds. The summed E-state index contributed by atoms with van der Waals surface area (Å²) in [4.78, 5) is 22.7. The van der Waals surface area contributed by atoms with Gasteiger partial charge in [-0.25, -0.2) is 8.78 Å². The number of carbonyl (C=O) groups is 2. The van der Waals surface area contributed by atoms with Crippen LogP contribution in [0.4, 0.5) is 8.78 Å². The van der Waals surface area contributed by atoms with Crippen LogP contribution in [0, 0.1) is 18.6 Å². The highest BCUT2D eigenvalue weighted by Gasteiger charge is 2.18. The molecule has 4 aromatic rings. The molecule has 4 rings (SSSR count). The first-order valence-electron chi connectivity index (χ1n) is 13.5. The number of rotatable bonds is 14. The lowest BCUT2D eigenvalue weighted by Gasteiger charge is -2.08. The molecule has 7 nitrogen and oxygen atoms in total. The van der Waals surface area contributed by atoms with Crippen LogP contribution >= 0.6 is 11.6 Å². The number of ether oxygens (including phenoxy) is 2. The summed E-state index contributed by atoms with van der Waals surface area (Å²) >= 11 is 5.74. The molecule has 43 heavy (non-hydrogen) atoms. The Morgan fingerprint density at radius 2 is 1.60 bits per heavy atom. The predicted octanol–water partition coefficient (Wildman–Crippen LogP) is 7.56. The van der Waals surface area contributed by atoms with Crippen molar-refractivity contribution in [1.29, 1.82) is 0 Å². The standard InChI is InChI=1S/C33H30ClF2NO6/c1-21-25(7-5-9-29(38)39)26-8-4-6-23(32(26)37(21)20-30(40)41)13-10-22-11-14-24(15-12-22)42-18-2-3-19-43-33-28(36)17-16-27(35)31(33)34/h2-4,6,8,10-17H,5,7,9,18-20H2,1H3,(H,38,39)(H,40,41)/b3-2+,13-10+. The van der Waals surface area contributed by atoms with Gasteiger partial charge in [-0.1, -0.05) is 54.1 Å². The lowest BCUT2D eigenvalue weighted by atomic mass is 10.0. The Labute approximate surface area is 252 Å². The zero-order chi connectivity index (χ0) is 30.9. The first kappa shape index (κ1) is 31.3. The van der Waals surface area contributed by atoms with Crippen molar-refractivity contribution in [3.8, 4) is 11.5 Å². The number of aryl methyl sites for hydroxylation is 1. The molecule has 0 aliphatic heterocycles. The lowest BCUT2D eigenvalue weighted by molar-refractivity contribution is -0.138. The molecule has 0 unspecified atom stereocenters. The SMILES string of the molecule is Cc1c(CCCC(=O)O)c2cccc(/C=C/c3ccc(OC/C=C/COc4c(F)ccc(F)c4Cl)cc3)c2n1CC(=O)O. The highest BCUT2D eigenvalue weighted by atomic mass is 35.5. The summed E-state index contributed by atoms with van der Waals surface area (Å²) in [6.45, 7) is 1.88. The van der Waals surface area contributed by atoms with Gasteiger partial charge in [0.05, 0.1) is 5.52 Å². The van der Waals surface area contributed by atoms with E-state index in [1.54, 1.807) is 16.7 Å². The van der Waals surface area contributed by atoms with Gasteiger partial charge in [0.25, 0.3) is 0 Å². The van der Waals surface area contributed by atoms with Crippen molar-refractivity contribution in [2.75, 3.05) is 13.2 Å². The molecular weight excluding hydrogens is 580 g/mol. The molecule has 0 saturated heterocycles. The second-order valence-electron chi connectivity index (χ2n) is 9.70. The Morgan fingerprint density at radius 1 is 0.907 bits per heavy atom. The number of carboxylic acid groups (broad SMARTS) is 2. The zero-order valence-electron chi connectivity index (χ0n) is 23.4. The second kappa shape index (κ2) is 14.5. The maximum Gasteiger partial charge on any atom is 0.323 e. The molecule has 0 aliphatic rings. The molecule has 3 aromatic carbocycles. The van der Waals surface area contributed by atoms with E-state index in [0.717, 1.165) is 45.4 Å². The van der Waals surface area contributed by atoms with Crippen LogP contribution in [0.5, 0.6) is 11.5 Å². The summed E-state index contributed by atoms with van der Waals surface area (Å²) in [5, 5.41) is 19.1. The fourth-order valence-corrected chi connectivity index (χ4v) is 4.95. The van der Waals surface area contributed by atoms with Crippen molar-refractivity contribution in [3.05, 3.63) is 106 Å². The van der Waals surface area contributed by atoms with E-state index >= 15 is 0 Å². The van der Waals surface area contributed by atoms with Crippen molar-refractivity contribution in [2.45, 2.75) is 32.7 Å². The van der Waals surface area contributed by atoms with Crippen molar-refractivity contribution < 1.29 is 38.1 Å². The van der Waals surface area contributed by atoms with Crippen LogP contribution in [0.2, 0.25) is 5.02 Å². The average molecular weight is 610 g/mol. The van der Waals surface area contributed by atoms with Gasteiger partial charge in [-0.2, -0.15) is 0 Å². The Bertz CT molecular complexity index is 1680. The van der Waals surface area contributed by atoms with E-state index in [9.17, 15) is 23.5 Å². The van der Waals surface area contributed by atoms with Gasteiger partial charge < -0.3 is 24.3 Å². The Morgan fingerprint density at radius 3 is 2.30 bits per heavy atom. The highest BCUT2D eigenvalue weighted by molar-refractivity contribution is 6.32. The molecule has 10 heteroatoms. The normalized spacial score (nSPS) is 11.5. The van der Waals surface area contributed by atoms with Gasteiger partial charge in [-0.3, -0.25) is 9.59 Å². The van der Waals surface area contributed by atoms with Gasteiger partial charge >= 0.3 is 11.9 Å². The Kier molecular flexibility index (Phi) is 10.6. The summed E-state index contributed by atoms with van der Waals surface area (Å²) < 4.78 is 39.9. The van der Waals surface area contributed by atoms with Gasteiger partial charge in [-0.05, 0) is 72.9 Å². The van der Waals surface area contributed by atoms with E-state index in [1.165, 1.54) is 0 Å². The summed E-state index contributed by atoms with van der Waals surface area (Å²) in [7, 11) is 0. The molecule has 0 spiro atoms. The molecule has 2 N–H and O–H groups in total. The molecule has 0 radical (unpaired) electrons. The number of aliphatic carboxylic acids is 2. The molecule has 0 aliphatic carbocycles. The zero-order valence-corrected chi connectivity index (χ0v) is 24.1. The van der Waals surface area contributed by atoms with Crippen LogP contribution in [-0.2, 0) is 22.6 Å². The summed E-state index contributed by atoms with van der Waals surface area (Å²) in [5.41, 5.74) is 4.31. The third-order valence-electron chi connectivity index (χ3n) is 6.79. The van der Waals surface area contributed by atoms with Gasteiger partial charge in [0.15, 0.2) is 11.6 Å². The predicted molar refractivity (Wildman–Crippen MR) is 162 cm³/mol. The minimum atomic E-state index is -0.960. The van der Waals surface area contributed by atoms with Crippen LogP contribution in [-0.4, -0.2) is 39.9 Å². The number of nitrogens with zero attached hydrogens (tertiary/aromatic N) is 1. The third kappa shape index (κ3) is 8.02. The highest BCUT2D eigenvalue weighted by Crippen LogP contribution is 2.32. The number of benzene rings is 3. The minimum absolute atomic E-state index is 0.0147. The fourth-order valence-electron chi connectivity index (χ4n) is 4.74. The van der Waals surface area contributed by atoms with E-state index < -0.39 is 28.6 Å². The molecule has 0 fully saturated rings. The number of hydrogen-bond acceptors (Lipinski definition) is 4. The van der Waals surface area contributed by atoms with Gasteiger partial charge in [-0.15, -0.1) is 0 Å². The van der Waals surface area contributed by atoms with E-state index in [4.69, 9.17) is 26.2 Å². The van der Waals surface area contributed by atoms with E-state index in [1.807, 2.05) is 61.5 Å². The number of halogens is 3. The average Bonchev–Trinajstić information content (AvgIpc) is 3.24. The molecule has 0 saturated carbocycles. The molecule has 0 atom stereocenters. The minimum Gasteiger partial charge on any atom is -0.490 e. The van der Waals surface area contributed by atoms with E-state index in [2.05, 4.69) is 0 Å². The number of aromatic nitrogens is 1. The van der Waals surface area contributed by atoms with Crippen molar-refractivity contribution in [1.82, 2.24) is 4.57 Å². The molecule has 0 bridgehead atoms. The van der Waals surface area contributed by atoms with Crippen LogP contribution in [0.25, 0.3) is 23.1 Å². The first-order valence-corrected chi connectivity index (χ1v) is 13.9. The summed E-state index contributed by atoms with van der Waals surface area (Å²) in [5.74, 6) is -3.04. The smallest absolute Gasteiger partial charge is 0.323 e. The monoisotopic (exact) mass is 609 g/mol. The van der Waals surface area contributed by atoms with E-state index in [-0.39, 0.29) is 31.9 Å². The van der Waals surface area contributed by atoms with Crippen LogP contribution < -0.4 is 9.47 Å². The maximum absolute atomic E-state index is 13.8. The first-order chi connectivity index (χ1) is 20.7. The van der Waals surface area contributed by atoms with Gasteiger partial charge in [0.1, 0.15) is 36.3 Å². The van der Waals surface area contributed by atoms with E-state index in [0.29, 0.717) is 18.6 Å². The number of hydrogen-bond donors (Lipinski definition) is 2. The lowest BCUT2D eigenvalue weighted by Crippen LogP contribution is -2.10. The summed E-state index contributed by atoms with van der Waals surface area (Å²) in [6, 6.07) is 15.0. The van der Waals surface area contributed by atoms with Crippen LogP contribution in [0.15, 0.2) is 66.7 Å². The molecule has 224 valence electrons. The topological polar surface area (TPSA) is 98.0 Å². The number of para-hydroxylation sites is 1. The Balaban J connectivity index is 1.40. The number of carboxylic acids is 2. The fraction of sp³-hybridized carbons (Fsp3) is 0.212. The molecular formula is C33H30ClF2NO6. The van der Waals surface area contributed by atoms with Crippen molar-refractivity contribution >= 4 is 46.6 Å². The summed E-state index contributed by atoms with van der Waals surface area (Å²) in [6.07, 6.45) is 8.18. The van der Waals surface area contributed by atoms with Crippen LogP contribution in [0.3, 0.4) is 0 Å². The molecule has 1 aromatic heterocycles. The van der Waals surface area contributed by atoms with Crippen molar-refractivity contribution in [3.63, 3.8) is 0 Å². The van der Waals surface area contributed by atoms with Crippen LogP contribution in [0.1, 0.15) is 35.2 Å².